The first-order valence-corrected chi connectivity index (χ1v) is 6.33. The van der Waals surface area contributed by atoms with Gasteiger partial charge >= 0.3 is 0 Å². The number of anilines is 2. The Morgan fingerprint density at radius 3 is 2.75 bits per heavy atom. The number of nitrogens with one attached hydrogen (secondary N) is 1. The Balaban J connectivity index is 2.52. The van der Waals surface area contributed by atoms with Crippen molar-refractivity contribution in [3.63, 3.8) is 0 Å². The van der Waals surface area contributed by atoms with Gasteiger partial charge in [-0.3, -0.25) is 0 Å². The fraction of sp³-hybridized carbons (Fsp3) is 0.538. The van der Waals surface area contributed by atoms with Crippen molar-refractivity contribution in [1.29, 1.82) is 0 Å². The third-order valence-electron chi connectivity index (χ3n) is 2.68. The minimum absolute atomic E-state index is 0.411. The highest BCUT2D eigenvalue weighted by Crippen LogP contribution is 2.28. The largest absolute Gasteiger partial charge is 0.397 e. The zero-order chi connectivity index (χ0) is 12.0. The van der Waals surface area contributed by atoms with Crippen LogP contribution in [0.5, 0.6) is 0 Å². The maximum Gasteiger partial charge on any atom is 0.0765 e. The Labute approximate surface area is 103 Å². The first-order valence-electron chi connectivity index (χ1n) is 5.95. The lowest BCUT2D eigenvalue weighted by Crippen LogP contribution is -2.16. The van der Waals surface area contributed by atoms with Gasteiger partial charge in [-0.05, 0) is 25.5 Å². The average Bonchev–Trinajstić information content (AvgIpc) is 2.24. The summed E-state index contributed by atoms with van der Waals surface area (Å²) in [6.45, 7) is 4.38. The molecule has 0 heterocycles. The molecule has 16 heavy (non-hydrogen) atoms. The van der Waals surface area contributed by atoms with Gasteiger partial charge in [-0.25, -0.2) is 0 Å². The predicted octanol–water partition coefficient (Wildman–Crippen LogP) is 4.30. The molecule has 1 aromatic carbocycles. The standard InChI is InChI=1S/C13H21ClN2/c1-3-4-5-7-10(2)16-13-11(14)8-6-9-12(13)15/h6,8-10,16H,3-5,7,15H2,1-2H3. The van der Waals surface area contributed by atoms with E-state index in [1.54, 1.807) is 0 Å². The smallest absolute Gasteiger partial charge is 0.0765 e. The van der Waals surface area contributed by atoms with Gasteiger partial charge in [-0.2, -0.15) is 0 Å². The van der Waals surface area contributed by atoms with Gasteiger partial charge < -0.3 is 11.1 Å². The normalized spacial score (nSPS) is 12.4. The summed E-state index contributed by atoms with van der Waals surface area (Å²) in [7, 11) is 0. The van der Waals surface area contributed by atoms with Crippen LogP contribution in [0.4, 0.5) is 11.4 Å². The molecule has 1 unspecified atom stereocenters. The summed E-state index contributed by atoms with van der Waals surface area (Å²) in [6, 6.07) is 6.00. The molecule has 0 radical (unpaired) electrons. The van der Waals surface area contributed by atoms with E-state index in [0.717, 1.165) is 17.8 Å². The van der Waals surface area contributed by atoms with Crippen LogP contribution in [0.25, 0.3) is 0 Å². The average molecular weight is 241 g/mol. The molecule has 90 valence electrons. The number of hydrogen-bond donors (Lipinski definition) is 2. The zero-order valence-corrected chi connectivity index (χ0v) is 10.8. The maximum absolute atomic E-state index is 6.09. The van der Waals surface area contributed by atoms with E-state index in [1.165, 1.54) is 19.3 Å². The van der Waals surface area contributed by atoms with Gasteiger partial charge in [0.15, 0.2) is 0 Å². The molecule has 1 rings (SSSR count). The molecular weight excluding hydrogens is 220 g/mol. The number of halogens is 1. The van der Waals surface area contributed by atoms with Crippen LogP contribution in [0.1, 0.15) is 39.5 Å². The molecule has 0 amide bonds. The van der Waals surface area contributed by atoms with Crippen LogP contribution in [-0.4, -0.2) is 6.04 Å². The Bertz CT molecular complexity index is 305. The Morgan fingerprint density at radius 2 is 2.12 bits per heavy atom. The highest BCUT2D eigenvalue weighted by atomic mass is 35.5. The molecule has 0 bridgehead atoms. The number of rotatable bonds is 6. The van der Waals surface area contributed by atoms with Gasteiger partial charge in [-0.15, -0.1) is 0 Å². The molecule has 0 fully saturated rings. The molecule has 0 aliphatic carbocycles. The van der Waals surface area contributed by atoms with E-state index in [1.807, 2.05) is 18.2 Å². The lowest BCUT2D eigenvalue weighted by molar-refractivity contribution is 0.615. The number of unbranched alkanes of at least 4 members (excludes halogenated alkanes) is 2. The first-order chi connectivity index (χ1) is 7.65. The van der Waals surface area contributed by atoms with Crippen molar-refractivity contribution >= 4 is 23.0 Å². The highest BCUT2D eigenvalue weighted by molar-refractivity contribution is 6.33. The number of para-hydroxylation sites is 1. The molecule has 3 heteroatoms. The third-order valence-corrected chi connectivity index (χ3v) is 2.99. The molecule has 3 N–H and O–H groups in total. The fourth-order valence-electron chi connectivity index (χ4n) is 1.71. The van der Waals surface area contributed by atoms with Gasteiger partial charge in [0, 0.05) is 6.04 Å². The monoisotopic (exact) mass is 240 g/mol. The van der Waals surface area contributed by atoms with E-state index < -0.39 is 0 Å². The van der Waals surface area contributed by atoms with Gasteiger partial charge in [0.05, 0.1) is 16.4 Å². The van der Waals surface area contributed by atoms with Gasteiger partial charge in [-0.1, -0.05) is 43.9 Å². The molecule has 0 aliphatic heterocycles. The van der Waals surface area contributed by atoms with E-state index in [2.05, 4.69) is 19.2 Å². The quantitative estimate of drug-likeness (QED) is 0.575. The molecule has 2 nitrogen and oxygen atoms in total. The van der Waals surface area contributed by atoms with Crippen LogP contribution in [0.15, 0.2) is 18.2 Å². The predicted molar refractivity (Wildman–Crippen MR) is 73.1 cm³/mol. The molecule has 0 saturated carbocycles. The summed E-state index contributed by atoms with van der Waals surface area (Å²) >= 11 is 6.09. The number of nitrogens with two attached hydrogens (primary N) is 1. The summed E-state index contributed by atoms with van der Waals surface area (Å²) in [4.78, 5) is 0. The molecule has 1 aromatic rings. The van der Waals surface area contributed by atoms with Crippen molar-refractivity contribution < 1.29 is 0 Å². The number of nitrogen functional groups attached to an aromatic ring is 1. The maximum atomic E-state index is 6.09. The van der Waals surface area contributed by atoms with Crippen molar-refractivity contribution in [2.45, 2.75) is 45.6 Å². The molecule has 0 spiro atoms. The minimum Gasteiger partial charge on any atom is -0.397 e. The van der Waals surface area contributed by atoms with Crippen LogP contribution < -0.4 is 11.1 Å². The van der Waals surface area contributed by atoms with Crippen LogP contribution in [0, 0.1) is 0 Å². The fourth-order valence-corrected chi connectivity index (χ4v) is 1.95. The van der Waals surface area contributed by atoms with Gasteiger partial charge in [0.1, 0.15) is 0 Å². The minimum atomic E-state index is 0.411. The lowest BCUT2D eigenvalue weighted by Gasteiger charge is -2.17. The number of hydrogen-bond acceptors (Lipinski definition) is 2. The van der Waals surface area contributed by atoms with Crippen LogP contribution >= 0.6 is 11.6 Å². The van der Waals surface area contributed by atoms with E-state index in [4.69, 9.17) is 17.3 Å². The van der Waals surface area contributed by atoms with Crippen molar-refractivity contribution in [2.24, 2.45) is 0 Å². The van der Waals surface area contributed by atoms with E-state index >= 15 is 0 Å². The summed E-state index contributed by atoms with van der Waals surface area (Å²) in [5.41, 5.74) is 7.46. The second-order valence-corrected chi connectivity index (χ2v) is 4.65. The summed E-state index contributed by atoms with van der Waals surface area (Å²) in [5, 5.41) is 4.08. The van der Waals surface area contributed by atoms with Crippen LogP contribution in [0.2, 0.25) is 5.02 Å². The Kier molecular flexibility index (Phi) is 5.47. The van der Waals surface area contributed by atoms with Crippen molar-refractivity contribution in [2.75, 3.05) is 11.1 Å². The molecule has 0 aromatic heterocycles. The summed E-state index contributed by atoms with van der Waals surface area (Å²) < 4.78 is 0. The van der Waals surface area contributed by atoms with Crippen molar-refractivity contribution in [1.82, 2.24) is 0 Å². The lowest BCUT2D eigenvalue weighted by atomic mass is 10.1. The van der Waals surface area contributed by atoms with Gasteiger partial charge in [0.2, 0.25) is 0 Å². The second-order valence-electron chi connectivity index (χ2n) is 4.25. The summed E-state index contributed by atoms with van der Waals surface area (Å²) in [6.07, 6.45) is 4.93. The van der Waals surface area contributed by atoms with Crippen molar-refractivity contribution in [3.8, 4) is 0 Å². The topological polar surface area (TPSA) is 38.0 Å². The first kappa shape index (κ1) is 13.2. The highest BCUT2D eigenvalue weighted by Gasteiger charge is 2.07. The molecule has 0 aliphatic rings. The Morgan fingerprint density at radius 1 is 1.38 bits per heavy atom. The van der Waals surface area contributed by atoms with E-state index in [-0.39, 0.29) is 0 Å². The SMILES string of the molecule is CCCCCC(C)Nc1c(N)cccc1Cl. The van der Waals surface area contributed by atoms with Crippen molar-refractivity contribution in [3.05, 3.63) is 23.2 Å². The molecule has 0 saturated heterocycles. The van der Waals surface area contributed by atoms with Crippen LogP contribution in [0.3, 0.4) is 0 Å². The molecule has 1 atom stereocenters. The third kappa shape index (κ3) is 3.93. The van der Waals surface area contributed by atoms with E-state index in [9.17, 15) is 0 Å². The van der Waals surface area contributed by atoms with Crippen LogP contribution in [-0.2, 0) is 0 Å². The number of benzene rings is 1. The van der Waals surface area contributed by atoms with E-state index in [0.29, 0.717) is 11.1 Å². The Hall–Kier alpha value is -0.890. The molecular formula is C13H21ClN2. The second kappa shape index (κ2) is 6.64. The zero-order valence-electron chi connectivity index (χ0n) is 10.1. The summed E-state index contributed by atoms with van der Waals surface area (Å²) in [5.74, 6) is 0. The van der Waals surface area contributed by atoms with Gasteiger partial charge in [0.25, 0.3) is 0 Å².